The second-order valence-electron chi connectivity index (χ2n) is 5.14. The van der Waals surface area contributed by atoms with E-state index in [2.05, 4.69) is 33.2 Å². The van der Waals surface area contributed by atoms with Crippen molar-refractivity contribution in [3.05, 3.63) is 64.6 Å². The van der Waals surface area contributed by atoms with Crippen LogP contribution in [0.5, 0.6) is 0 Å². The Balaban J connectivity index is 2.13. The molecule has 2 aromatic rings. The SMILES string of the molecule is CCCC[NH2+]C(=Nc1ccc(Br)cc1)NC(=O)c1ccccc1. The number of nitrogens with one attached hydrogen (secondary N) is 1. The lowest BCUT2D eigenvalue weighted by Gasteiger charge is -2.07. The molecular formula is C18H21BrN3O+. The number of rotatable bonds is 5. The van der Waals surface area contributed by atoms with E-state index < -0.39 is 0 Å². The first kappa shape index (κ1) is 17.4. The normalized spacial score (nSPS) is 11.3. The Hall–Kier alpha value is -1.98. The second-order valence-corrected chi connectivity index (χ2v) is 6.06. The Morgan fingerprint density at radius 2 is 1.83 bits per heavy atom. The van der Waals surface area contributed by atoms with Gasteiger partial charge in [-0.1, -0.05) is 47.5 Å². The predicted octanol–water partition coefficient (Wildman–Crippen LogP) is 3.23. The molecular weight excluding hydrogens is 354 g/mol. The van der Waals surface area contributed by atoms with Crippen LogP contribution in [0.4, 0.5) is 5.69 Å². The van der Waals surface area contributed by atoms with Crippen molar-refractivity contribution in [2.45, 2.75) is 19.8 Å². The molecule has 0 heterocycles. The zero-order chi connectivity index (χ0) is 16.5. The number of unbranched alkanes of at least 4 members (excludes halogenated alkanes) is 1. The van der Waals surface area contributed by atoms with Crippen LogP contribution < -0.4 is 10.6 Å². The van der Waals surface area contributed by atoms with E-state index in [1.807, 2.05) is 47.8 Å². The Bertz CT molecular complexity index is 654. The number of aliphatic imine (C=N–C) groups is 1. The highest BCUT2D eigenvalue weighted by Gasteiger charge is 2.11. The lowest BCUT2D eigenvalue weighted by Crippen LogP contribution is -2.91. The summed E-state index contributed by atoms with van der Waals surface area (Å²) in [6, 6.07) is 16.8. The molecule has 0 unspecified atom stereocenters. The number of amides is 1. The molecule has 2 aromatic carbocycles. The van der Waals surface area contributed by atoms with Gasteiger partial charge in [0.15, 0.2) is 0 Å². The lowest BCUT2D eigenvalue weighted by atomic mass is 10.2. The number of carbonyl (C=O) groups is 1. The summed E-state index contributed by atoms with van der Waals surface area (Å²) in [5.74, 6) is 0.448. The van der Waals surface area contributed by atoms with Gasteiger partial charge in [-0.3, -0.25) is 15.4 Å². The first-order valence-corrected chi connectivity index (χ1v) is 8.52. The molecule has 0 spiro atoms. The van der Waals surface area contributed by atoms with Gasteiger partial charge in [-0.15, -0.1) is 0 Å². The highest BCUT2D eigenvalue weighted by atomic mass is 79.9. The molecule has 5 heteroatoms. The molecule has 0 aliphatic rings. The third-order valence-electron chi connectivity index (χ3n) is 3.25. The average molecular weight is 375 g/mol. The molecule has 0 aromatic heterocycles. The molecule has 3 N–H and O–H groups in total. The molecule has 4 nitrogen and oxygen atoms in total. The molecule has 0 radical (unpaired) electrons. The summed E-state index contributed by atoms with van der Waals surface area (Å²) in [6.45, 7) is 3.03. The van der Waals surface area contributed by atoms with E-state index in [0.717, 1.165) is 29.5 Å². The maximum absolute atomic E-state index is 12.3. The van der Waals surface area contributed by atoms with Crippen LogP contribution >= 0.6 is 15.9 Å². The number of nitrogens with two attached hydrogens (primary N) is 1. The fourth-order valence-electron chi connectivity index (χ4n) is 2.00. The van der Waals surface area contributed by atoms with E-state index in [-0.39, 0.29) is 5.91 Å². The molecule has 23 heavy (non-hydrogen) atoms. The number of hydrogen-bond donors (Lipinski definition) is 2. The third-order valence-corrected chi connectivity index (χ3v) is 3.78. The molecule has 1 amide bonds. The molecule has 0 aliphatic heterocycles. The summed E-state index contributed by atoms with van der Waals surface area (Å²) in [7, 11) is 0. The monoisotopic (exact) mass is 374 g/mol. The zero-order valence-electron chi connectivity index (χ0n) is 13.1. The smallest absolute Gasteiger partial charge is 0.281 e. The van der Waals surface area contributed by atoms with Crippen molar-refractivity contribution in [2.24, 2.45) is 4.99 Å². The molecule has 0 saturated heterocycles. The lowest BCUT2D eigenvalue weighted by molar-refractivity contribution is -0.543. The van der Waals surface area contributed by atoms with Gasteiger partial charge in [0.2, 0.25) is 0 Å². The van der Waals surface area contributed by atoms with Crippen LogP contribution in [0.15, 0.2) is 64.1 Å². The minimum absolute atomic E-state index is 0.144. The van der Waals surface area contributed by atoms with E-state index in [1.165, 1.54) is 0 Å². The molecule has 0 aliphatic carbocycles. The van der Waals surface area contributed by atoms with Crippen LogP contribution in [-0.2, 0) is 0 Å². The number of benzene rings is 2. The number of guanidine groups is 1. The zero-order valence-corrected chi connectivity index (χ0v) is 14.7. The van der Waals surface area contributed by atoms with Gasteiger partial charge in [-0.25, -0.2) is 0 Å². The van der Waals surface area contributed by atoms with Crippen molar-refractivity contribution in [3.8, 4) is 0 Å². The molecule has 0 saturated carbocycles. The number of halogens is 1. The highest BCUT2D eigenvalue weighted by molar-refractivity contribution is 9.10. The largest absolute Gasteiger partial charge is 0.306 e. The van der Waals surface area contributed by atoms with E-state index in [0.29, 0.717) is 11.5 Å². The van der Waals surface area contributed by atoms with Crippen molar-refractivity contribution in [1.29, 1.82) is 0 Å². The van der Waals surface area contributed by atoms with E-state index in [1.54, 1.807) is 12.1 Å². The van der Waals surface area contributed by atoms with Crippen molar-refractivity contribution < 1.29 is 10.1 Å². The van der Waals surface area contributed by atoms with Gasteiger partial charge in [0.05, 0.1) is 12.2 Å². The first-order chi connectivity index (χ1) is 11.2. The Morgan fingerprint density at radius 1 is 1.13 bits per heavy atom. The van der Waals surface area contributed by atoms with Crippen molar-refractivity contribution in [2.75, 3.05) is 6.54 Å². The summed E-state index contributed by atoms with van der Waals surface area (Å²) in [5, 5.41) is 4.88. The van der Waals surface area contributed by atoms with Crippen LogP contribution in [0.25, 0.3) is 0 Å². The average Bonchev–Trinajstić information content (AvgIpc) is 2.58. The molecule has 2 rings (SSSR count). The predicted molar refractivity (Wildman–Crippen MR) is 96.8 cm³/mol. The van der Waals surface area contributed by atoms with Crippen molar-refractivity contribution >= 4 is 33.5 Å². The van der Waals surface area contributed by atoms with Gasteiger partial charge in [0.25, 0.3) is 5.91 Å². The van der Waals surface area contributed by atoms with Crippen LogP contribution in [0, 0.1) is 0 Å². The minimum atomic E-state index is -0.144. The van der Waals surface area contributed by atoms with E-state index in [4.69, 9.17) is 0 Å². The maximum atomic E-state index is 12.3. The Labute approximate surface area is 145 Å². The van der Waals surface area contributed by atoms with Gasteiger partial charge in [0, 0.05) is 10.0 Å². The van der Waals surface area contributed by atoms with Crippen LogP contribution in [-0.4, -0.2) is 18.4 Å². The number of hydrogen-bond acceptors (Lipinski definition) is 2. The van der Waals surface area contributed by atoms with Crippen molar-refractivity contribution in [1.82, 2.24) is 5.32 Å². The maximum Gasteiger partial charge on any atom is 0.306 e. The van der Waals surface area contributed by atoms with Crippen LogP contribution in [0.1, 0.15) is 30.1 Å². The van der Waals surface area contributed by atoms with Crippen LogP contribution in [0.2, 0.25) is 0 Å². The van der Waals surface area contributed by atoms with Gasteiger partial charge >= 0.3 is 5.96 Å². The van der Waals surface area contributed by atoms with Gasteiger partial charge < -0.3 is 0 Å². The standard InChI is InChI=1S/C18H20BrN3O/c1-2-3-13-20-18(21-16-11-9-15(19)10-12-16)22-17(23)14-7-5-4-6-8-14/h4-12H,2-3,13H2,1H3,(H2,20,21,22,23)/p+1. The Morgan fingerprint density at radius 3 is 2.48 bits per heavy atom. The molecule has 0 fully saturated rings. The van der Waals surface area contributed by atoms with Crippen LogP contribution in [0.3, 0.4) is 0 Å². The highest BCUT2D eigenvalue weighted by Crippen LogP contribution is 2.16. The van der Waals surface area contributed by atoms with E-state index in [9.17, 15) is 4.79 Å². The molecule has 120 valence electrons. The Kier molecular flexibility index (Phi) is 6.97. The van der Waals surface area contributed by atoms with Gasteiger partial charge in [-0.05, 0) is 42.8 Å². The van der Waals surface area contributed by atoms with Crippen molar-refractivity contribution in [3.63, 3.8) is 0 Å². The fraction of sp³-hybridized carbons (Fsp3) is 0.222. The minimum Gasteiger partial charge on any atom is -0.281 e. The number of quaternary nitrogens is 1. The molecule has 0 atom stereocenters. The molecule has 0 bridgehead atoms. The summed E-state index contributed by atoms with van der Waals surface area (Å²) in [4.78, 5) is 16.9. The first-order valence-electron chi connectivity index (χ1n) is 7.73. The van der Waals surface area contributed by atoms with Gasteiger partial charge in [0.1, 0.15) is 0 Å². The quantitative estimate of drug-likeness (QED) is 0.471. The summed E-state index contributed by atoms with van der Waals surface area (Å²) >= 11 is 3.41. The van der Waals surface area contributed by atoms with E-state index >= 15 is 0 Å². The van der Waals surface area contributed by atoms with Gasteiger partial charge in [-0.2, -0.15) is 4.99 Å². The fourth-order valence-corrected chi connectivity index (χ4v) is 2.26. The summed E-state index contributed by atoms with van der Waals surface area (Å²) < 4.78 is 1.00. The topological polar surface area (TPSA) is 58.1 Å². The summed E-state index contributed by atoms with van der Waals surface area (Å²) in [5.41, 5.74) is 1.43. The summed E-state index contributed by atoms with van der Waals surface area (Å²) in [6.07, 6.45) is 2.18. The number of carbonyl (C=O) groups excluding carboxylic acids is 1. The number of nitrogens with zero attached hydrogens (tertiary/aromatic N) is 1. The third kappa shape index (κ3) is 5.96. The second kappa shape index (κ2) is 9.22.